The van der Waals surface area contributed by atoms with Crippen molar-refractivity contribution in [2.45, 2.75) is 33.4 Å². The molecule has 1 unspecified atom stereocenters. The average molecular weight is 204 g/mol. The first-order valence-corrected chi connectivity index (χ1v) is 4.72. The summed E-state index contributed by atoms with van der Waals surface area (Å²) in [5, 5.41) is 0. The van der Waals surface area contributed by atoms with Gasteiger partial charge in [0.2, 0.25) is 0 Å². The monoisotopic (exact) mass is 204 g/mol. The standard InChI is InChI=1S/C11H15F3/c1-8(2)10(11(12,13)14)6-4-5-9(3)7-10/h4,6-8H,5H2,1-3H3. The van der Waals surface area contributed by atoms with Crippen LogP contribution in [0.3, 0.4) is 0 Å². The second kappa shape index (κ2) is 3.44. The lowest BCUT2D eigenvalue weighted by atomic mass is 9.72. The highest BCUT2D eigenvalue weighted by Gasteiger charge is 2.53. The van der Waals surface area contributed by atoms with E-state index in [9.17, 15) is 13.2 Å². The van der Waals surface area contributed by atoms with Crippen molar-refractivity contribution in [3.05, 3.63) is 23.8 Å². The highest BCUT2D eigenvalue weighted by Crippen LogP contribution is 2.49. The number of rotatable bonds is 1. The number of allylic oxidation sites excluding steroid dienone is 4. The Bertz CT molecular complexity index is 271. The van der Waals surface area contributed by atoms with Gasteiger partial charge in [0.25, 0.3) is 0 Å². The van der Waals surface area contributed by atoms with Crippen molar-refractivity contribution in [2.24, 2.45) is 11.3 Å². The third-order valence-corrected chi connectivity index (χ3v) is 2.77. The summed E-state index contributed by atoms with van der Waals surface area (Å²) in [6, 6.07) is 0. The molecule has 0 aromatic carbocycles. The Hall–Kier alpha value is -0.730. The van der Waals surface area contributed by atoms with Gasteiger partial charge < -0.3 is 0 Å². The van der Waals surface area contributed by atoms with E-state index < -0.39 is 17.5 Å². The van der Waals surface area contributed by atoms with Crippen molar-refractivity contribution < 1.29 is 13.2 Å². The van der Waals surface area contributed by atoms with Crippen molar-refractivity contribution in [3.63, 3.8) is 0 Å². The number of hydrogen-bond donors (Lipinski definition) is 0. The third kappa shape index (κ3) is 1.72. The number of alkyl halides is 3. The molecule has 0 radical (unpaired) electrons. The van der Waals surface area contributed by atoms with E-state index in [1.807, 2.05) is 0 Å². The minimum absolute atomic E-state index is 0.464. The van der Waals surface area contributed by atoms with E-state index in [1.54, 1.807) is 26.8 Å². The molecule has 0 saturated carbocycles. The van der Waals surface area contributed by atoms with Gasteiger partial charge in [-0.15, -0.1) is 0 Å². The normalized spacial score (nSPS) is 28.1. The fourth-order valence-corrected chi connectivity index (χ4v) is 1.82. The van der Waals surface area contributed by atoms with Crippen LogP contribution in [0.25, 0.3) is 0 Å². The van der Waals surface area contributed by atoms with Crippen LogP contribution in [-0.4, -0.2) is 6.18 Å². The van der Waals surface area contributed by atoms with Gasteiger partial charge in [0, 0.05) is 0 Å². The first kappa shape index (κ1) is 11.3. The maximum atomic E-state index is 12.9. The Labute approximate surface area is 82.5 Å². The van der Waals surface area contributed by atoms with Crippen molar-refractivity contribution in [3.8, 4) is 0 Å². The second-order valence-corrected chi connectivity index (χ2v) is 4.18. The lowest BCUT2D eigenvalue weighted by Gasteiger charge is -2.36. The van der Waals surface area contributed by atoms with Crippen LogP contribution in [0.1, 0.15) is 27.2 Å². The molecule has 0 N–H and O–H groups in total. The van der Waals surface area contributed by atoms with E-state index in [2.05, 4.69) is 0 Å². The van der Waals surface area contributed by atoms with Gasteiger partial charge in [-0.1, -0.05) is 37.6 Å². The molecule has 0 fully saturated rings. The molecule has 3 heteroatoms. The van der Waals surface area contributed by atoms with Gasteiger partial charge in [-0.3, -0.25) is 0 Å². The Balaban J connectivity index is 3.18. The van der Waals surface area contributed by atoms with Crippen LogP contribution >= 0.6 is 0 Å². The molecule has 0 aromatic heterocycles. The predicted molar refractivity (Wildman–Crippen MR) is 50.8 cm³/mol. The molecule has 80 valence electrons. The Morgan fingerprint density at radius 1 is 1.36 bits per heavy atom. The molecular formula is C11H15F3. The molecule has 1 atom stereocenters. The molecule has 0 amide bonds. The van der Waals surface area contributed by atoms with Crippen LogP contribution in [0.2, 0.25) is 0 Å². The zero-order chi connectivity index (χ0) is 11.0. The maximum Gasteiger partial charge on any atom is 0.401 e. The highest BCUT2D eigenvalue weighted by molar-refractivity contribution is 5.26. The summed E-state index contributed by atoms with van der Waals surface area (Å²) in [7, 11) is 0. The molecule has 0 saturated heterocycles. The minimum atomic E-state index is -4.20. The molecule has 0 nitrogen and oxygen atoms in total. The summed E-state index contributed by atoms with van der Waals surface area (Å²) >= 11 is 0. The Morgan fingerprint density at radius 3 is 2.21 bits per heavy atom. The van der Waals surface area contributed by atoms with Gasteiger partial charge in [0.15, 0.2) is 0 Å². The number of halogens is 3. The van der Waals surface area contributed by atoms with Crippen LogP contribution in [0.4, 0.5) is 13.2 Å². The van der Waals surface area contributed by atoms with Gasteiger partial charge in [0.1, 0.15) is 5.41 Å². The predicted octanol–water partition coefficient (Wildman–Crippen LogP) is 4.10. The molecule has 0 aliphatic heterocycles. The molecular weight excluding hydrogens is 189 g/mol. The molecule has 1 aliphatic rings. The van der Waals surface area contributed by atoms with Gasteiger partial charge >= 0.3 is 6.18 Å². The van der Waals surface area contributed by atoms with Gasteiger partial charge in [-0.05, 0) is 19.3 Å². The van der Waals surface area contributed by atoms with Crippen molar-refractivity contribution in [1.82, 2.24) is 0 Å². The Kier molecular flexibility index (Phi) is 2.79. The molecule has 0 aromatic rings. The van der Waals surface area contributed by atoms with E-state index in [0.29, 0.717) is 6.42 Å². The smallest absolute Gasteiger partial charge is 0.170 e. The van der Waals surface area contributed by atoms with Crippen LogP contribution in [0.5, 0.6) is 0 Å². The second-order valence-electron chi connectivity index (χ2n) is 4.18. The zero-order valence-electron chi connectivity index (χ0n) is 8.65. The summed E-state index contributed by atoms with van der Waals surface area (Å²) in [6.45, 7) is 4.95. The van der Waals surface area contributed by atoms with Gasteiger partial charge in [0.05, 0.1) is 0 Å². The van der Waals surface area contributed by atoms with E-state index in [-0.39, 0.29) is 0 Å². The fraction of sp³-hybridized carbons (Fsp3) is 0.636. The van der Waals surface area contributed by atoms with Crippen LogP contribution in [-0.2, 0) is 0 Å². The van der Waals surface area contributed by atoms with E-state index in [4.69, 9.17) is 0 Å². The Morgan fingerprint density at radius 2 is 1.93 bits per heavy atom. The molecule has 0 heterocycles. The van der Waals surface area contributed by atoms with Crippen LogP contribution < -0.4 is 0 Å². The molecule has 1 aliphatic carbocycles. The highest BCUT2D eigenvalue weighted by atomic mass is 19.4. The van der Waals surface area contributed by atoms with Crippen LogP contribution in [0, 0.1) is 11.3 Å². The summed E-state index contributed by atoms with van der Waals surface area (Å²) in [6.07, 6.45) is 0.703. The molecule has 0 spiro atoms. The van der Waals surface area contributed by atoms with Crippen molar-refractivity contribution >= 4 is 0 Å². The van der Waals surface area contributed by atoms with Crippen molar-refractivity contribution in [1.29, 1.82) is 0 Å². The fourth-order valence-electron chi connectivity index (χ4n) is 1.82. The largest absolute Gasteiger partial charge is 0.401 e. The first-order chi connectivity index (χ1) is 6.29. The maximum absolute atomic E-state index is 12.9. The molecule has 0 bridgehead atoms. The van der Waals surface area contributed by atoms with Crippen molar-refractivity contribution in [2.75, 3.05) is 0 Å². The average Bonchev–Trinajstić information content (AvgIpc) is 2.01. The summed E-state index contributed by atoms with van der Waals surface area (Å²) < 4.78 is 38.8. The first-order valence-electron chi connectivity index (χ1n) is 4.72. The molecule has 1 rings (SSSR count). The SMILES string of the molecule is CC1=CC(C(C)C)(C(F)(F)F)C=CC1. The molecule has 14 heavy (non-hydrogen) atoms. The lowest BCUT2D eigenvalue weighted by molar-refractivity contribution is -0.202. The third-order valence-electron chi connectivity index (χ3n) is 2.77. The summed E-state index contributed by atoms with van der Waals surface area (Å²) in [5.41, 5.74) is -0.964. The topological polar surface area (TPSA) is 0 Å². The van der Waals surface area contributed by atoms with E-state index >= 15 is 0 Å². The number of hydrogen-bond acceptors (Lipinski definition) is 0. The lowest BCUT2D eigenvalue weighted by Crippen LogP contribution is -2.40. The van der Waals surface area contributed by atoms with Crippen LogP contribution in [0.15, 0.2) is 23.8 Å². The minimum Gasteiger partial charge on any atom is -0.170 e. The van der Waals surface area contributed by atoms with E-state index in [1.165, 1.54) is 12.2 Å². The van der Waals surface area contributed by atoms with Gasteiger partial charge in [-0.25, -0.2) is 0 Å². The van der Waals surface area contributed by atoms with E-state index in [0.717, 1.165) is 5.57 Å². The zero-order valence-corrected chi connectivity index (χ0v) is 8.65. The summed E-state index contributed by atoms with van der Waals surface area (Å²) in [4.78, 5) is 0. The van der Waals surface area contributed by atoms with Gasteiger partial charge in [-0.2, -0.15) is 13.2 Å². The quantitative estimate of drug-likeness (QED) is 0.564. The summed E-state index contributed by atoms with van der Waals surface area (Å²) in [5.74, 6) is -0.464.